The van der Waals surface area contributed by atoms with E-state index in [1.54, 1.807) is 0 Å². The summed E-state index contributed by atoms with van der Waals surface area (Å²) in [5.74, 6) is 0. The Hall–Kier alpha value is -0.0800. The van der Waals surface area contributed by atoms with Gasteiger partial charge in [0.25, 0.3) is 0 Å². The second kappa shape index (κ2) is 3.97. The predicted octanol–water partition coefficient (Wildman–Crippen LogP) is 2.04. The molecule has 1 saturated carbocycles. The van der Waals surface area contributed by atoms with Crippen molar-refractivity contribution < 1.29 is 4.74 Å². The lowest BCUT2D eigenvalue weighted by Crippen LogP contribution is -2.52. The van der Waals surface area contributed by atoms with Gasteiger partial charge in [0.2, 0.25) is 0 Å². The highest BCUT2D eigenvalue weighted by Crippen LogP contribution is 2.32. The molecule has 0 aromatic heterocycles. The SMILES string of the molecule is COC1CC(N2CCCC[C@H]2C)C1. The summed E-state index contributed by atoms with van der Waals surface area (Å²) in [6, 6.07) is 1.65. The summed E-state index contributed by atoms with van der Waals surface area (Å²) in [7, 11) is 1.83. The third-order valence-electron chi connectivity index (χ3n) is 3.73. The average molecular weight is 183 g/mol. The van der Waals surface area contributed by atoms with Crippen LogP contribution in [0.15, 0.2) is 0 Å². The van der Waals surface area contributed by atoms with Crippen LogP contribution in [0.2, 0.25) is 0 Å². The van der Waals surface area contributed by atoms with Gasteiger partial charge in [-0.3, -0.25) is 4.90 Å². The van der Waals surface area contributed by atoms with E-state index in [2.05, 4.69) is 11.8 Å². The van der Waals surface area contributed by atoms with Crippen molar-refractivity contribution in [3.8, 4) is 0 Å². The van der Waals surface area contributed by atoms with E-state index < -0.39 is 0 Å². The van der Waals surface area contributed by atoms with Gasteiger partial charge < -0.3 is 4.74 Å². The monoisotopic (exact) mass is 183 g/mol. The summed E-state index contributed by atoms with van der Waals surface area (Å²) < 4.78 is 5.32. The van der Waals surface area contributed by atoms with Crippen molar-refractivity contribution in [3.63, 3.8) is 0 Å². The first-order valence-corrected chi connectivity index (χ1v) is 5.60. The van der Waals surface area contributed by atoms with Crippen LogP contribution in [-0.4, -0.2) is 36.7 Å². The Kier molecular flexibility index (Phi) is 2.89. The molecule has 1 aliphatic carbocycles. The molecular formula is C11H21NO. The normalized spacial score (nSPS) is 41.5. The topological polar surface area (TPSA) is 12.5 Å². The molecule has 0 bridgehead atoms. The van der Waals surface area contributed by atoms with Crippen LogP contribution in [0.4, 0.5) is 0 Å². The molecule has 0 aromatic rings. The predicted molar refractivity (Wildman–Crippen MR) is 53.8 cm³/mol. The van der Waals surface area contributed by atoms with Gasteiger partial charge in [0, 0.05) is 19.2 Å². The van der Waals surface area contributed by atoms with Crippen molar-refractivity contribution in [2.45, 2.75) is 57.2 Å². The molecule has 2 aliphatic rings. The molecule has 2 nitrogen and oxygen atoms in total. The van der Waals surface area contributed by atoms with Crippen LogP contribution in [-0.2, 0) is 4.74 Å². The molecule has 1 saturated heterocycles. The first kappa shape index (κ1) is 9.47. The lowest BCUT2D eigenvalue weighted by atomic mass is 9.85. The van der Waals surface area contributed by atoms with E-state index in [1.807, 2.05) is 7.11 Å². The maximum absolute atomic E-state index is 5.32. The Morgan fingerprint density at radius 3 is 2.62 bits per heavy atom. The zero-order valence-corrected chi connectivity index (χ0v) is 8.83. The van der Waals surface area contributed by atoms with E-state index in [0.717, 1.165) is 12.1 Å². The standard InChI is InChI=1S/C11H21NO/c1-9-5-3-4-6-12(9)10-7-11(8-10)13-2/h9-11H,3-8H2,1-2H3/t9-,10?,11?/m1/s1. The summed E-state index contributed by atoms with van der Waals surface area (Å²) in [5.41, 5.74) is 0. The van der Waals surface area contributed by atoms with Gasteiger partial charge in [-0.05, 0) is 39.2 Å². The second-order valence-corrected chi connectivity index (χ2v) is 4.57. The maximum Gasteiger partial charge on any atom is 0.0601 e. The van der Waals surface area contributed by atoms with E-state index in [-0.39, 0.29) is 0 Å². The molecule has 2 rings (SSSR count). The van der Waals surface area contributed by atoms with Gasteiger partial charge in [0.1, 0.15) is 0 Å². The number of likely N-dealkylation sites (tertiary alicyclic amines) is 1. The van der Waals surface area contributed by atoms with Crippen LogP contribution in [0, 0.1) is 0 Å². The summed E-state index contributed by atoms with van der Waals surface area (Å²) in [6.45, 7) is 3.70. The average Bonchev–Trinajstić information content (AvgIpc) is 2.06. The first-order valence-electron chi connectivity index (χ1n) is 5.60. The van der Waals surface area contributed by atoms with Crippen LogP contribution >= 0.6 is 0 Å². The molecule has 1 aliphatic heterocycles. The quantitative estimate of drug-likeness (QED) is 0.649. The number of piperidine rings is 1. The maximum atomic E-state index is 5.32. The molecule has 0 aromatic carbocycles. The fourth-order valence-corrected chi connectivity index (χ4v) is 2.66. The summed E-state index contributed by atoms with van der Waals surface area (Å²) in [4.78, 5) is 2.69. The van der Waals surface area contributed by atoms with Crippen molar-refractivity contribution in [2.24, 2.45) is 0 Å². The van der Waals surface area contributed by atoms with Gasteiger partial charge in [-0.1, -0.05) is 6.42 Å². The van der Waals surface area contributed by atoms with E-state index in [4.69, 9.17) is 4.74 Å². The van der Waals surface area contributed by atoms with Crippen LogP contribution in [0.3, 0.4) is 0 Å². The van der Waals surface area contributed by atoms with Gasteiger partial charge in [-0.15, -0.1) is 0 Å². The van der Waals surface area contributed by atoms with Gasteiger partial charge in [0.15, 0.2) is 0 Å². The van der Waals surface area contributed by atoms with E-state index in [1.165, 1.54) is 38.6 Å². The van der Waals surface area contributed by atoms with Crippen molar-refractivity contribution in [2.75, 3.05) is 13.7 Å². The van der Waals surface area contributed by atoms with Gasteiger partial charge in [-0.25, -0.2) is 0 Å². The lowest BCUT2D eigenvalue weighted by molar-refractivity contribution is -0.0463. The minimum absolute atomic E-state index is 0.555. The van der Waals surface area contributed by atoms with E-state index in [0.29, 0.717) is 6.10 Å². The number of nitrogens with zero attached hydrogens (tertiary/aromatic N) is 1. The molecule has 0 N–H and O–H groups in total. The van der Waals surface area contributed by atoms with Crippen LogP contribution in [0.5, 0.6) is 0 Å². The highest BCUT2D eigenvalue weighted by Gasteiger charge is 2.36. The molecule has 1 heterocycles. The van der Waals surface area contributed by atoms with Gasteiger partial charge in [-0.2, -0.15) is 0 Å². The number of ether oxygens (including phenoxy) is 1. The summed E-state index contributed by atoms with van der Waals surface area (Å²) >= 11 is 0. The van der Waals surface area contributed by atoms with Gasteiger partial charge in [0.05, 0.1) is 6.10 Å². The Morgan fingerprint density at radius 2 is 2.00 bits per heavy atom. The number of hydrogen-bond donors (Lipinski definition) is 0. The zero-order chi connectivity index (χ0) is 9.26. The molecule has 0 unspecified atom stereocenters. The van der Waals surface area contributed by atoms with E-state index >= 15 is 0 Å². The third kappa shape index (κ3) is 1.89. The minimum Gasteiger partial charge on any atom is -0.381 e. The van der Waals surface area contributed by atoms with E-state index in [9.17, 15) is 0 Å². The zero-order valence-electron chi connectivity index (χ0n) is 8.83. The first-order chi connectivity index (χ1) is 6.31. The molecule has 2 heteroatoms. The van der Waals surface area contributed by atoms with Gasteiger partial charge >= 0.3 is 0 Å². The second-order valence-electron chi connectivity index (χ2n) is 4.57. The third-order valence-corrected chi connectivity index (χ3v) is 3.73. The highest BCUT2D eigenvalue weighted by molar-refractivity contribution is 4.91. The van der Waals surface area contributed by atoms with Crippen LogP contribution in [0.25, 0.3) is 0 Å². The fourth-order valence-electron chi connectivity index (χ4n) is 2.66. The smallest absolute Gasteiger partial charge is 0.0601 e. The Bertz CT molecular complexity index is 165. The molecule has 2 fully saturated rings. The number of rotatable bonds is 2. The number of methoxy groups -OCH3 is 1. The van der Waals surface area contributed by atoms with Crippen molar-refractivity contribution in [1.29, 1.82) is 0 Å². The Balaban J connectivity index is 1.80. The summed E-state index contributed by atoms with van der Waals surface area (Å²) in [6.07, 6.45) is 7.31. The fraction of sp³-hybridized carbons (Fsp3) is 1.00. The molecule has 0 spiro atoms. The molecule has 1 atom stereocenters. The van der Waals surface area contributed by atoms with Crippen LogP contribution < -0.4 is 0 Å². The largest absolute Gasteiger partial charge is 0.381 e. The number of hydrogen-bond acceptors (Lipinski definition) is 2. The van der Waals surface area contributed by atoms with Crippen molar-refractivity contribution >= 4 is 0 Å². The van der Waals surface area contributed by atoms with Crippen LogP contribution in [0.1, 0.15) is 39.0 Å². The Labute approximate surface area is 81.3 Å². The highest BCUT2D eigenvalue weighted by atomic mass is 16.5. The lowest BCUT2D eigenvalue weighted by Gasteiger charge is -2.47. The Morgan fingerprint density at radius 1 is 1.23 bits per heavy atom. The summed E-state index contributed by atoms with van der Waals surface area (Å²) in [5, 5.41) is 0. The van der Waals surface area contributed by atoms with Crippen molar-refractivity contribution in [3.05, 3.63) is 0 Å². The molecular weight excluding hydrogens is 162 g/mol. The molecule has 13 heavy (non-hydrogen) atoms. The molecule has 0 radical (unpaired) electrons. The molecule has 0 amide bonds. The van der Waals surface area contributed by atoms with Crippen molar-refractivity contribution in [1.82, 2.24) is 4.90 Å². The minimum atomic E-state index is 0.555. The molecule has 76 valence electrons.